The normalized spacial score (nSPS) is 11.8. The lowest BCUT2D eigenvalue weighted by Gasteiger charge is -2.19. The van der Waals surface area contributed by atoms with E-state index in [1.807, 2.05) is 12.1 Å². The average Bonchev–Trinajstić information content (AvgIpc) is 2.16. The Morgan fingerprint density at radius 3 is 2.13 bits per heavy atom. The maximum absolute atomic E-state index is 3.44. The Hall–Kier alpha value is -1.00. The van der Waals surface area contributed by atoms with Crippen LogP contribution in [0.3, 0.4) is 0 Å². The molecule has 1 aromatic carbocycles. The van der Waals surface area contributed by atoms with Crippen molar-refractivity contribution in [1.29, 1.82) is 0 Å². The Labute approximate surface area is 94.7 Å². The van der Waals surface area contributed by atoms with Crippen LogP contribution in [-0.4, -0.2) is 8.07 Å². The fraction of sp³-hybridized carbons (Fsp3) is 0.429. The molecule has 0 saturated carbocycles. The standard InChI is InChI=1S/C14H19Si/c1-14(2,11-12-15(3,4)5)13-9-7-6-8-10-13/h7-10H,1-5H3. The van der Waals surface area contributed by atoms with Crippen molar-refractivity contribution in [1.82, 2.24) is 0 Å². The molecule has 1 radical (unpaired) electrons. The first-order chi connectivity index (χ1) is 6.81. The van der Waals surface area contributed by atoms with Gasteiger partial charge in [-0.05, 0) is 25.5 Å². The molecule has 1 heteroatoms. The molecular formula is C14H19Si. The molecule has 0 fully saturated rings. The van der Waals surface area contributed by atoms with E-state index in [9.17, 15) is 0 Å². The third-order valence-electron chi connectivity index (χ3n) is 2.19. The summed E-state index contributed by atoms with van der Waals surface area (Å²) in [7, 11) is -1.27. The summed E-state index contributed by atoms with van der Waals surface area (Å²) in [5.74, 6) is 3.41. The number of rotatable bonds is 1. The van der Waals surface area contributed by atoms with Crippen LogP contribution >= 0.6 is 0 Å². The predicted octanol–water partition coefficient (Wildman–Crippen LogP) is 3.65. The lowest BCUT2D eigenvalue weighted by Crippen LogP contribution is -2.20. The zero-order valence-corrected chi connectivity index (χ0v) is 11.3. The molecule has 0 nitrogen and oxygen atoms in total. The van der Waals surface area contributed by atoms with Gasteiger partial charge in [-0.2, -0.15) is 0 Å². The molecule has 0 amide bonds. The van der Waals surface area contributed by atoms with Crippen molar-refractivity contribution >= 4 is 8.07 Å². The summed E-state index contributed by atoms with van der Waals surface area (Å²) in [6.07, 6.45) is 0. The first-order valence-electron chi connectivity index (χ1n) is 5.32. The van der Waals surface area contributed by atoms with Crippen LogP contribution < -0.4 is 0 Å². The molecule has 0 aliphatic rings. The van der Waals surface area contributed by atoms with Crippen LogP contribution in [0.15, 0.2) is 24.3 Å². The Bertz CT molecular complexity index is 371. The Morgan fingerprint density at radius 2 is 1.67 bits per heavy atom. The predicted molar refractivity (Wildman–Crippen MR) is 69.4 cm³/mol. The van der Waals surface area contributed by atoms with Gasteiger partial charge in [0.15, 0.2) is 0 Å². The molecule has 0 aliphatic carbocycles. The highest BCUT2D eigenvalue weighted by Gasteiger charge is 2.18. The highest BCUT2D eigenvalue weighted by atomic mass is 28.3. The summed E-state index contributed by atoms with van der Waals surface area (Å²) < 4.78 is 0. The van der Waals surface area contributed by atoms with E-state index in [0.29, 0.717) is 0 Å². The molecule has 0 saturated heterocycles. The first-order valence-corrected chi connectivity index (χ1v) is 8.82. The van der Waals surface area contributed by atoms with E-state index in [0.717, 1.165) is 0 Å². The zero-order chi connectivity index (χ0) is 11.5. The van der Waals surface area contributed by atoms with Crippen LogP contribution in [0, 0.1) is 17.5 Å². The quantitative estimate of drug-likeness (QED) is 0.495. The molecule has 0 heterocycles. The van der Waals surface area contributed by atoms with Gasteiger partial charge in [-0.3, -0.25) is 0 Å². The smallest absolute Gasteiger partial charge is 0.129 e. The van der Waals surface area contributed by atoms with Crippen molar-refractivity contribution in [3.8, 4) is 11.5 Å². The van der Waals surface area contributed by atoms with E-state index in [1.54, 1.807) is 0 Å². The minimum atomic E-state index is -1.27. The summed E-state index contributed by atoms with van der Waals surface area (Å²) in [6.45, 7) is 11.2. The molecule has 15 heavy (non-hydrogen) atoms. The highest BCUT2D eigenvalue weighted by molar-refractivity contribution is 6.83. The molecule has 0 N–H and O–H groups in total. The van der Waals surface area contributed by atoms with Crippen molar-refractivity contribution in [3.05, 3.63) is 35.9 Å². The first kappa shape index (κ1) is 12.1. The molecule has 1 rings (SSSR count). The van der Waals surface area contributed by atoms with Gasteiger partial charge in [-0.25, -0.2) is 0 Å². The average molecular weight is 215 g/mol. The van der Waals surface area contributed by atoms with E-state index in [1.165, 1.54) is 5.56 Å². The molecule has 0 aromatic heterocycles. The van der Waals surface area contributed by atoms with Gasteiger partial charge < -0.3 is 0 Å². The molecule has 0 aliphatic heterocycles. The van der Waals surface area contributed by atoms with Gasteiger partial charge in [0.05, 0.1) is 5.41 Å². The van der Waals surface area contributed by atoms with E-state index in [2.05, 4.69) is 63.2 Å². The Morgan fingerprint density at radius 1 is 1.13 bits per heavy atom. The van der Waals surface area contributed by atoms with Crippen LogP contribution in [0.2, 0.25) is 19.6 Å². The van der Waals surface area contributed by atoms with E-state index >= 15 is 0 Å². The van der Waals surface area contributed by atoms with Gasteiger partial charge in [0, 0.05) is 0 Å². The van der Waals surface area contributed by atoms with Gasteiger partial charge >= 0.3 is 0 Å². The second-order valence-corrected chi connectivity index (χ2v) is 10.2. The van der Waals surface area contributed by atoms with Crippen LogP contribution in [0.25, 0.3) is 0 Å². The molecular weight excluding hydrogens is 196 g/mol. The van der Waals surface area contributed by atoms with Crippen LogP contribution in [0.4, 0.5) is 0 Å². The third-order valence-corrected chi connectivity index (χ3v) is 3.06. The fourth-order valence-electron chi connectivity index (χ4n) is 1.22. The summed E-state index contributed by atoms with van der Waals surface area (Å²) in [5, 5.41) is 0. The molecule has 0 unspecified atom stereocenters. The molecule has 79 valence electrons. The van der Waals surface area contributed by atoms with Crippen LogP contribution in [0.5, 0.6) is 0 Å². The van der Waals surface area contributed by atoms with Gasteiger partial charge in [0.25, 0.3) is 0 Å². The van der Waals surface area contributed by atoms with Crippen molar-refractivity contribution in [2.45, 2.75) is 38.9 Å². The third kappa shape index (κ3) is 3.93. The monoisotopic (exact) mass is 215 g/mol. The maximum atomic E-state index is 3.44. The fourth-order valence-corrected chi connectivity index (χ4v) is 1.91. The van der Waals surface area contributed by atoms with E-state index < -0.39 is 8.07 Å². The van der Waals surface area contributed by atoms with Crippen molar-refractivity contribution in [2.24, 2.45) is 0 Å². The number of hydrogen-bond donors (Lipinski definition) is 0. The minimum absolute atomic E-state index is 0.0462. The lowest BCUT2D eigenvalue weighted by atomic mass is 9.86. The van der Waals surface area contributed by atoms with E-state index in [4.69, 9.17) is 0 Å². The van der Waals surface area contributed by atoms with Gasteiger partial charge in [0.2, 0.25) is 0 Å². The lowest BCUT2D eigenvalue weighted by molar-refractivity contribution is 0.699. The summed E-state index contributed by atoms with van der Waals surface area (Å²) in [6, 6.07) is 11.1. The highest BCUT2D eigenvalue weighted by Crippen LogP contribution is 2.21. The minimum Gasteiger partial charge on any atom is -0.131 e. The molecule has 0 atom stereocenters. The largest absolute Gasteiger partial charge is 0.131 e. The topological polar surface area (TPSA) is 0 Å². The zero-order valence-electron chi connectivity index (χ0n) is 10.3. The molecule has 0 bridgehead atoms. The van der Waals surface area contributed by atoms with Gasteiger partial charge in [-0.15, -0.1) is 5.54 Å². The second kappa shape index (κ2) is 4.24. The van der Waals surface area contributed by atoms with Crippen LogP contribution in [0.1, 0.15) is 19.4 Å². The van der Waals surface area contributed by atoms with Gasteiger partial charge in [0.1, 0.15) is 8.07 Å². The van der Waals surface area contributed by atoms with Crippen molar-refractivity contribution in [2.75, 3.05) is 0 Å². The second-order valence-electron chi connectivity index (χ2n) is 5.41. The maximum Gasteiger partial charge on any atom is 0.129 e. The Balaban J connectivity index is 2.98. The summed E-state index contributed by atoms with van der Waals surface area (Å²) in [5.41, 5.74) is 4.66. The van der Waals surface area contributed by atoms with E-state index in [-0.39, 0.29) is 5.41 Å². The summed E-state index contributed by atoms with van der Waals surface area (Å²) >= 11 is 0. The Kier molecular flexibility index (Phi) is 3.41. The van der Waals surface area contributed by atoms with Crippen LogP contribution in [-0.2, 0) is 5.41 Å². The molecule has 0 spiro atoms. The SMILES string of the molecule is CC(C)(C#C[Si](C)(C)C)c1cc[c]cc1. The van der Waals surface area contributed by atoms with Gasteiger partial charge in [-0.1, -0.05) is 49.8 Å². The number of hydrogen-bond acceptors (Lipinski definition) is 0. The summed E-state index contributed by atoms with van der Waals surface area (Å²) in [4.78, 5) is 0. The van der Waals surface area contributed by atoms with Crippen molar-refractivity contribution < 1.29 is 0 Å². The van der Waals surface area contributed by atoms with Crippen molar-refractivity contribution in [3.63, 3.8) is 0 Å². The number of benzene rings is 1. The molecule has 1 aromatic rings.